The zero-order valence-electron chi connectivity index (χ0n) is 15.2. The highest BCUT2D eigenvalue weighted by molar-refractivity contribution is 7.09. The van der Waals surface area contributed by atoms with Crippen molar-refractivity contribution in [1.29, 1.82) is 0 Å². The number of ether oxygens (including phenoxy) is 1. The predicted molar refractivity (Wildman–Crippen MR) is 108 cm³/mol. The molecule has 0 aliphatic carbocycles. The van der Waals surface area contributed by atoms with Gasteiger partial charge < -0.3 is 9.84 Å². The molecule has 5 heteroatoms. The first-order chi connectivity index (χ1) is 12.8. The third-order valence-corrected chi connectivity index (χ3v) is 5.67. The second-order valence-electron chi connectivity index (χ2n) is 6.66. The highest BCUT2D eigenvalue weighted by Crippen LogP contribution is 2.24. The average Bonchev–Trinajstić information content (AvgIpc) is 3.16. The van der Waals surface area contributed by atoms with Crippen LogP contribution in [0.1, 0.15) is 16.9 Å². The van der Waals surface area contributed by atoms with E-state index in [1.807, 2.05) is 23.5 Å². The topological polar surface area (TPSA) is 35.9 Å². The molecule has 1 aromatic heterocycles. The maximum absolute atomic E-state index is 9.51. The minimum Gasteiger partial charge on any atom is -0.489 e. The Morgan fingerprint density at radius 2 is 2.08 bits per heavy atom. The fourth-order valence-corrected chi connectivity index (χ4v) is 4.23. The van der Waals surface area contributed by atoms with Gasteiger partial charge in [0.1, 0.15) is 12.4 Å². The van der Waals surface area contributed by atoms with Gasteiger partial charge in [-0.2, -0.15) is 0 Å². The molecular weight excluding hydrogens is 344 g/mol. The largest absolute Gasteiger partial charge is 0.489 e. The normalized spacial score (nSPS) is 18.7. The predicted octanol–water partition coefficient (Wildman–Crippen LogP) is 3.38. The molecule has 0 unspecified atom stereocenters. The summed E-state index contributed by atoms with van der Waals surface area (Å²) >= 11 is 1.81. The molecule has 4 nitrogen and oxygen atoms in total. The van der Waals surface area contributed by atoms with E-state index in [0.29, 0.717) is 12.6 Å². The molecule has 1 fully saturated rings. The SMILES string of the molecule is C=CCOc1ccccc1CN1CCN(Cc2cccs2)[C@H](CCO)C1. The maximum Gasteiger partial charge on any atom is 0.124 e. The van der Waals surface area contributed by atoms with Crippen molar-refractivity contribution in [3.8, 4) is 5.75 Å². The van der Waals surface area contributed by atoms with Gasteiger partial charge in [0.15, 0.2) is 0 Å². The van der Waals surface area contributed by atoms with E-state index in [0.717, 1.165) is 44.9 Å². The van der Waals surface area contributed by atoms with Gasteiger partial charge in [-0.05, 0) is 23.9 Å². The van der Waals surface area contributed by atoms with Crippen LogP contribution in [0.5, 0.6) is 5.75 Å². The van der Waals surface area contributed by atoms with E-state index in [9.17, 15) is 5.11 Å². The Balaban J connectivity index is 1.63. The van der Waals surface area contributed by atoms with E-state index in [2.05, 4.69) is 46.0 Å². The van der Waals surface area contributed by atoms with E-state index in [1.165, 1.54) is 10.4 Å². The Morgan fingerprint density at radius 1 is 1.19 bits per heavy atom. The van der Waals surface area contributed by atoms with E-state index in [4.69, 9.17) is 4.74 Å². The average molecular weight is 373 g/mol. The van der Waals surface area contributed by atoms with Crippen molar-refractivity contribution in [3.63, 3.8) is 0 Å². The van der Waals surface area contributed by atoms with Gasteiger partial charge in [-0.3, -0.25) is 9.80 Å². The number of aliphatic hydroxyl groups is 1. The Bertz CT molecular complexity index is 674. The van der Waals surface area contributed by atoms with E-state index in [1.54, 1.807) is 6.08 Å². The minimum absolute atomic E-state index is 0.235. The number of piperazine rings is 1. The van der Waals surface area contributed by atoms with Crippen LogP contribution in [0.4, 0.5) is 0 Å². The summed E-state index contributed by atoms with van der Waals surface area (Å²) in [7, 11) is 0. The molecular formula is C21H28N2O2S. The number of para-hydroxylation sites is 1. The summed E-state index contributed by atoms with van der Waals surface area (Å²) in [6, 6.07) is 12.9. The Kier molecular flexibility index (Phi) is 7.26. The molecule has 0 amide bonds. The smallest absolute Gasteiger partial charge is 0.124 e. The number of benzene rings is 1. The summed E-state index contributed by atoms with van der Waals surface area (Å²) in [5, 5.41) is 11.6. The summed E-state index contributed by atoms with van der Waals surface area (Å²) in [4.78, 5) is 6.38. The molecule has 1 aliphatic rings. The lowest BCUT2D eigenvalue weighted by molar-refractivity contribution is 0.0502. The maximum atomic E-state index is 9.51. The van der Waals surface area contributed by atoms with Crippen molar-refractivity contribution < 1.29 is 9.84 Å². The van der Waals surface area contributed by atoms with Crippen LogP contribution >= 0.6 is 11.3 Å². The highest BCUT2D eigenvalue weighted by Gasteiger charge is 2.27. The Labute approximate surface area is 160 Å². The molecule has 2 heterocycles. The van der Waals surface area contributed by atoms with Gasteiger partial charge in [-0.25, -0.2) is 0 Å². The molecule has 0 radical (unpaired) electrons. The molecule has 0 saturated carbocycles. The molecule has 0 spiro atoms. The second-order valence-corrected chi connectivity index (χ2v) is 7.69. The fraction of sp³-hybridized carbons (Fsp3) is 0.429. The van der Waals surface area contributed by atoms with E-state index >= 15 is 0 Å². The van der Waals surface area contributed by atoms with Crippen molar-refractivity contribution in [2.24, 2.45) is 0 Å². The van der Waals surface area contributed by atoms with Crippen LogP contribution < -0.4 is 4.74 Å². The molecule has 0 bridgehead atoms. The number of aliphatic hydroxyl groups excluding tert-OH is 1. The highest BCUT2D eigenvalue weighted by atomic mass is 32.1. The van der Waals surface area contributed by atoms with E-state index in [-0.39, 0.29) is 6.61 Å². The van der Waals surface area contributed by atoms with Crippen LogP contribution in [0.2, 0.25) is 0 Å². The molecule has 1 atom stereocenters. The monoisotopic (exact) mass is 372 g/mol. The van der Waals surface area contributed by atoms with Crippen LogP contribution in [-0.2, 0) is 13.1 Å². The number of thiophene rings is 1. The lowest BCUT2D eigenvalue weighted by Crippen LogP contribution is -2.52. The molecule has 140 valence electrons. The standard InChI is InChI=1S/C21H28N2O2S/c1-2-13-25-21-8-4-3-6-18(21)15-22-10-11-23(19(16-22)9-12-24)17-20-7-5-14-26-20/h2-8,14,19,24H,1,9-13,15-17H2/t19-/m1/s1. The lowest BCUT2D eigenvalue weighted by atomic mass is 10.1. The molecule has 2 aromatic rings. The molecule has 1 aromatic carbocycles. The van der Waals surface area contributed by atoms with Crippen molar-refractivity contribution in [3.05, 3.63) is 64.9 Å². The molecule has 1 N–H and O–H groups in total. The zero-order valence-corrected chi connectivity index (χ0v) is 16.0. The van der Waals surface area contributed by atoms with Gasteiger partial charge in [-0.15, -0.1) is 11.3 Å². The van der Waals surface area contributed by atoms with Gasteiger partial charge >= 0.3 is 0 Å². The quantitative estimate of drug-likeness (QED) is 0.685. The number of hydrogen-bond donors (Lipinski definition) is 1. The van der Waals surface area contributed by atoms with Gasteiger partial charge in [0.25, 0.3) is 0 Å². The van der Waals surface area contributed by atoms with Gasteiger partial charge in [-0.1, -0.05) is 36.9 Å². The third kappa shape index (κ3) is 5.17. The number of rotatable bonds is 9. The minimum atomic E-state index is 0.235. The Morgan fingerprint density at radius 3 is 2.85 bits per heavy atom. The van der Waals surface area contributed by atoms with Crippen LogP contribution in [0.25, 0.3) is 0 Å². The molecule has 3 rings (SSSR count). The van der Waals surface area contributed by atoms with Gasteiger partial charge in [0.05, 0.1) is 0 Å². The number of nitrogens with zero attached hydrogens (tertiary/aromatic N) is 2. The van der Waals surface area contributed by atoms with Crippen molar-refractivity contribution in [2.75, 3.05) is 32.8 Å². The van der Waals surface area contributed by atoms with Crippen LogP contribution in [0.3, 0.4) is 0 Å². The zero-order chi connectivity index (χ0) is 18.2. The summed E-state index contributed by atoms with van der Waals surface area (Å²) < 4.78 is 5.80. The third-order valence-electron chi connectivity index (χ3n) is 4.81. The fourth-order valence-electron chi connectivity index (χ4n) is 3.50. The second kappa shape index (κ2) is 9.88. The number of hydrogen-bond acceptors (Lipinski definition) is 5. The first-order valence-electron chi connectivity index (χ1n) is 9.21. The Hall–Kier alpha value is -1.66. The summed E-state index contributed by atoms with van der Waals surface area (Å²) in [6.45, 7) is 9.38. The van der Waals surface area contributed by atoms with Crippen molar-refractivity contribution in [1.82, 2.24) is 9.80 Å². The molecule has 1 saturated heterocycles. The van der Waals surface area contributed by atoms with Crippen LogP contribution in [-0.4, -0.2) is 53.8 Å². The van der Waals surface area contributed by atoms with Gasteiger partial charge in [0.2, 0.25) is 0 Å². The molecule has 1 aliphatic heterocycles. The first kappa shape index (κ1) is 19.1. The lowest BCUT2D eigenvalue weighted by Gasteiger charge is -2.41. The van der Waals surface area contributed by atoms with Crippen molar-refractivity contribution >= 4 is 11.3 Å². The van der Waals surface area contributed by atoms with Crippen LogP contribution in [0.15, 0.2) is 54.4 Å². The summed E-state index contributed by atoms with van der Waals surface area (Å²) in [5.41, 5.74) is 1.21. The summed E-state index contributed by atoms with van der Waals surface area (Å²) in [6.07, 6.45) is 2.59. The summed E-state index contributed by atoms with van der Waals surface area (Å²) in [5.74, 6) is 0.937. The van der Waals surface area contributed by atoms with Crippen LogP contribution in [0, 0.1) is 0 Å². The van der Waals surface area contributed by atoms with Gasteiger partial charge in [0, 0.05) is 55.8 Å². The first-order valence-corrected chi connectivity index (χ1v) is 10.1. The van der Waals surface area contributed by atoms with Crippen molar-refractivity contribution in [2.45, 2.75) is 25.6 Å². The molecule has 26 heavy (non-hydrogen) atoms. The van der Waals surface area contributed by atoms with E-state index < -0.39 is 0 Å².